The first-order valence-electron chi connectivity index (χ1n) is 7.04. The molecular weight excluding hydrogens is 335 g/mol. The number of fused-ring (bicyclic) bond motifs is 2. The van der Waals surface area contributed by atoms with Crippen LogP contribution in [0.3, 0.4) is 0 Å². The van der Waals surface area contributed by atoms with Gasteiger partial charge >= 0.3 is 0 Å². The van der Waals surface area contributed by atoms with Gasteiger partial charge in [-0.15, -0.1) is 0 Å². The molecule has 4 nitrogen and oxygen atoms in total. The molecule has 0 saturated heterocycles. The number of primary amides is 1. The Kier molecular flexibility index (Phi) is 3.61. The Labute approximate surface area is 132 Å². The Morgan fingerprint density at radius 2 is 1.58 bits per heavy atom. The van der Waals surface area contributed by atoms with Crippen molar-refractivity contribution < 1.29 is 31.5 Å². The fourth-order valence-corrected chi connectivity index (χ4v) is 3.46. The first kappa shape index (κ1) is 16.4. The summed E-state index contributed by atoms with van der Waals surface area (Å²) >= 11 is 0. The molecule has 2 bridgehead atoms. The van der Waals surface area contributed by atoms with Gasteiger partial charge in [0, 0.05) is 5.57 Å². The third kappa shape index (κ3) is 2.10. The van der Waals surface area contributed by atoms with Gasteiger partial charge in [-0.05, 0) is 25.2 Å². The summed E-state index contributed by atoms with van der Waals surface area (Å²) in [5.41, 5.74) is 2.38. The van der Waals surface area contributed by atoms with Crippen molar-refractivity contribution in [1.29, 1.82) is 0 Å². The molecule has 9 heteroatoms. The highest BCUT2D eigenvalue weighted by Gasteiger charge is 2.54. The first-order chi connectivity index (χ1) is 11.2. The fourth-order valence-electron chi connectivity index (χ4n) is 3.46. The molecule has 1 saturated carbocycles. The molecule has 1 aromatic rings. The molecule has 2 atom stereocenters. The molecular formula is C15H11F5N2O2. The molecule has 0 spiro atoms. The van der Waals surface area contributed by atoms with Crippen LogP contribution in [0.25, 0.3) is 0 Å². The van der Waals surface area contributed by atoms with Crippen LogP contribution >= 0.6 is 0 Å². The third-order valence-electron chi connectivity index (χ3n) is 4.62. The van der Waals surface area contributed by atoms with Gasteiger partial charge in [-0.2, -0.15) is 0 Å². The van der Waals surface area contributed by atoms with E-state index < -0.39 is 52.0 Å². The fraction of sp³-hybridized carbons (Fsp3) is 0.333. The molecule has 3 N–H and O–H groups in total. The van der Waals surface area contributed by atoms with Gasteiger partial charge in [-0.3, -0.25) is 9.59 Å². The molecule has 1 fully saturated rings. The van der Waals surface area contributed by atoms with Crippen LogP contribution in [0.1, 0.15) is 19.3 Å². The number of halogens is 5. The number of hydrogen-bond acceptors (Lipinski definition) is 2. The predicted octanol–water partition coefficient (Wildman–Crippen LogP) is 2.53. The van der Waals surface area contributed by atoms with Crippen molar-refractivity contribution in [3.8, 4) is 0 Å². The normalized spacial score (nSPS) is 24.9. The number of amides is 2. The van der Waals surface area contributed by atoms with Crippen LogP contribution in [0.5, 0.6) is 0 Å². The minimum absolute atomic E-state index is 0.000113. The lowest BCUT2D eigenvalue weighted by Crippen LogP contribution is -2.39. The Bertz CT molecular complexity index is 779. The smallest absolute Gasteiger partial charge is 0.245 e. The standard InChI is InChI=1S/C15H11F5N2O2/c16-7-8(17)10(19)12(11(20)9(7)18)22-14(24)15-2-1-5(4-15)3-6(15)13(21)23/h3,5H,1-2,4H2,(H2,21,23)(H,22,24). The van der Waals surface area contributed by atoms with Crippen LogP contribution in [0.15, 0.2) is 11.6 Å². The number of rotatable bonds is 3. The van der Waals surface area contributed by atoms with E-state index in [0.717, 1.165) is 0 Å². The highest BCUT2D eigenvalue weighted by molar-refractivity contribution is 6.07. The molecule has 3 rings (SSSR count). The molecule has 24 heavy (non-hydrogen) atoms. The topological polar surface area (TPSA) is 72.2 Å². The molecule has 128 valence electrons. The molecule has 1 aromatic carbocycles. The molecule has 2 amide bonds. The Hall–Kier alpha value is -2.45. The van der Waals surface area contributed by atoms with Crippen molar-refractivity contribution in [2.24, 2.45) is 17.1 Å². The van der Waals surface area contributed by atoms with Crippen LogP contribution in [-0.2, 0) is 9.59 Å². The van der Waals surface area contributed by atoms with Gasteiger partial charge in [0.25, 0.3) is 0 Å². The second-order valence-electron chi connectivity index (χ2n) is 5.93. The Balaban J connectivity index is 2.00. The lowest BCUT2D eigenvalue weighted by atomic mass is 9.79. The zero-order valence-electron chi connectivity index (χ0n) is 12.1. The van der Waals surface area contributed by atoms with E-state index in [-0.39, 0.29) is 24.3 Å². The number of hydrogen-bond donors (Lipinski definition) is 2. The first-order valence-corrected chi connectivity index (χ1v) is 7.04. The summed E-state index contributed by atoms with van der Waals surface area (Å²) in [5.74, 6) is -12.9. The van der Waals surface area contributed by atoms with Gasteiger partial charge in [0.15, 0.2) is 23.3 Å². The Morgan fingerprint density at radius 1 is 1.04 bits per heavy atom. The minimum Gasteiger partial charge on any atom is -0.366 e. The zero-order chi connectivity index (χ0) is 17.8. The van der Waals surface area contributed by atoms with Gasteiger partial charge in [-0.25, -0.2) is 22.0 Å². The highest BCUT2D eigenvalue weighted by Crippen LogP contribution is 2.54. The van der Waals surface area contributed by atoms with Crippen LogP contribution in [0.2, 0.25) is 0 Å². The summed E-state index contributed by atoms with van der Waals surface area (Å²) in [6, 6.07) is 0. The molecule has 0 heterocycles. The molecule has 2 aliphatic carbocycles. The summed E-state index contributed by atoms with van der Waals surface area (Å²) in [6.07, 6.45) is 2.48. The maximum Gasteiger partial charge on any atom is 0.245 e. The maximum absolute atomic E-state index is 13.7. The number of benzene rings is 1. The summed E-state index contributed by atoms with van der Waals surface area (Å²) in [7, 11) is 0. The number of carbonyl (C=O) groups is 2. The van der Waals surface area contributed by atoms with E-state index in [4.69, 9.17) is 5.73 Å². The number of anilines is 1. The molecule has 0 radical (unpaired) electrons. The van der Waals surface area contributed by atoms with E-state index in [2.05, 4.69) is 0 Å². The van der Waals surface area contributed by atoms with Crippen LogP contribution in [-0.4, -0.2) is 11.8 Å². The predicted molar refractivity (Wildman–Crippen MR) is 71.9 cm³/mol. The summed E-state index contributed by atoms with van der Waals surface area (Å²) < 4.78 is 66.9. The maximum atomic E-state index is 13.7. The van der Waals surface area contributed by atoms with Gasteiger partial charge in [0.05, 0.1) is 5.41 Å². The molecule has 0 aliphatic heterocycles. The van der Waals surface area contributed by atoms with E-state index in [1.807, 2.05) is 0 Å². The summed E-state index contributed by atoms with van der Waals surface area (Å²) in [5, 5.41) is 1.75. The SMILES string of the molecule is NC(=O)C1=CC2CCC1(C(=O)Nc1c(F)c(F)c(F)c(F)c1F)C2. The van der Waals surface area contributed by atoms with Crippen LogP contribution < -0.4 is 11.1 Å². The van der Waals surface area contributed by atoms with Crippen molar-refractivity contribution in [3.05, 3.63) is 40.7 Å². The van der Waals surface area contributed by atoms with Crippen molar-refractivity contribution in [2.45, 2.75) is 19.3 Å². The monoisotopic (exact) mass is 346 g/mol. The van der Waals surface area contributed by atoms with Crippen molar-refractivity contribution in [3.63, 3.8) is 0 Å². The third-order valence-corrected chi connectivity index (χ3v) is 4.62. The number of carbonyl (C=O) groups excluding carboxylic acids is 2. The Morgan fingerprint density at radius 3 is 2.08 bits per heavy atom. The van der Waals surface area contributed by atoms with Gasteiger partial charge in [-0.1, -0.05) is 6.08 Å². The van der Waals surface area contributed by atoms with E-state index in [9.17, 15) is 31.5 Å². The van der Waals surface area contributed by atoms with Crippen molar-refractivity contribution in [1.82, 2.24) is 0 Å². The molecule has 2 aliphatic rings. The van der Waals surface area contributed by atoms with Gasteiger partial charge in [0.1, 0.15) is 5.69 Å². The molecule has 0 aromatic heterocycles. The van der Waals surface area contributed by atoms with Gasteiger partial charge < -0.3 is 11.1 Å². The van der Waals surface area contributed by atoms with Crippen LogP contribution in [0.4, 0.5) is 27.6 Å². The quantitative estimate of drug-likeness (QED) is 0.502. The van der Waals surface area contributed by atoms with Crippen molar-refractivity contribution >= 4 is 17.5 Å². The number of allylic oxidation sites excluding steroid dienone is 1. The second kappa shape index (κ2) is 5.29. The summed E-state index contributed by atoms with van der Waals surface area (Å²) in [4.78, 5) is 24.0. The lowest BCUT2D eigenvalue weighted by molar-refractivity contribution is -0.126. The van der Waals surface area contributed by atoms with Crippen molar-refractivity contribution in [2.75, 3.05) is 5.32 Å². The van der Waals surface area contributed by atoms with Gasteiger partial charge in [0.2, 0.25) is 17.6 Å². The van der Waals surface area contributed by atoms with Crippen LogP contribution in [0, 0.1) is 40.4 Å². The average Bonchev–Trinajstić information content (AvgIpc) is 3.14. The summed E-state index contributed by atoms with van der Waals surface area (Å²) in [6.45, 7) is 0. The molecule has 2 unspecified atom stereocenters. The second-order valence-corrected chi connectivity index (χ2v) is 5.93. The van der Waals surface area contributed by atoms with E-state index in [1.54, 1.807) is 5.32 Å². The zero-order valence-corrected chi connectivity index (χ0v) is 12.1. The van der Waals surface area contributed by atoms with E-state index in [0.29, 0.717) is 6.42 Å². The average molecular weight is 346 g/mol. The van der Waals surface area contributed by atoms with E-state index in [1.165, 1.54) is 6.08 Å². The lowest BCUT2D eigenvalue weighted by Gasteiger charge is -2.27. The minimum atomic E-state index is -2.32. The highest BCUT2D eigenvalue weighted by atomic mass is 19.2. The number of nitrogens with one attached hydrogen (secondary N) is 1. The largest absolute Gasteiger partial charge is 0.366 e. The van der Waals surface area contributed by atoms with E-state index >= 15 is 0 Å². The number of nitrogens with two attached hydrogens (primary N) is 1.